The van der Waals surface area contributed by atoms with Crippen molar-refractivity contribution in [3.05, 3.63) is 242 Å². The second-order valence-electron chi connectivity index (χ2n) is 15.1. The molecular weight excluding hydrogens is 829 g/mol. The molecule has 0 aliphatic heterocycles. The zero-order valence-electron chi connectivity index (χ0n) is 61.3. The Labute approximate surface area is 430 Å². The van der Waals surface area contributed by atoms with Gasteiger partial charge in [-0.1, -0.05) is 224 Å². The molecule has 0 unspecified atom stereocenters. The van der Waals surface area contributed by atoms with Gasteiger partial charge in [0.05, 0.1) is 53.7 Å². The maximum absolute atomic E-state index is 10.2. The molecule has 0 N–H and O–H groups in total. The first kappa shape index (κ1) is 20.3. The Balaban J connectivity index is 1.24. The van der Waals surface area contributed by atoms with E-state index in [2.05, 4.69) is 4.98 Å². The molecule has 2 nitrogen and oxygen atoms in total. The van der Waals surface area contributed by atoms with E-state index in [1.165, 1.54) is 0 Å². The average Bonchev–Trinajstić information content (AvgIpc) is 1.14. The lowest BCUT2D eigenvalue weighted by atomic mass is 9.85. The van der Waals surface area contributed by atoms with Gasteiger partial charge in [-0.05, 0) is 83.4 Å². The molecule has 0 amide bonds. The molecule has 312 valence electrons. The van der Waals surface area contributed by atoms with Crippen LogP contribution < -0.4 is 0 Å². The molecule has 67 heavy (non-hydrogen) atoms. The van der Waals surface area contributed by atoms with Gasteiger partial charge in [0.15, 0.2) is 0 Å². The number of hydrogen-bond donors (Lipinski definition) is 0. The van der Waals surface area contributed by atoms with Gasteiger partial charge in [0, 0.05) is 49.0 Å². The van der Waals surface area contributed by atoms with Crippen LogP contribution in [0.3, 0.4) is 0 Å². The number of benzene rings is 10. The summed E-state index contributed by atoms with van der Waals surface area (Å²) >= 11 is 0.326. The smallest absolute Gasteiger partial charge is 0.0972 e. The average molecular weight is 896 g/mol. The number of pyridine rings is 2. The number of fused-ring (bicyclic) bond motifs is 6. The number of hydrogen-bond acceptors (Lipinski definition) is 3. The van der Waals surface area contributed by atoms with Crippen molar-refractivity contribution >= 4 is 65.5 Å². The molecule has 0 radical (unpaired) electrons. The maximum Gasteiger partial charge on any atom is 0.0972 e. The van der Waals surface area contributed by atoms with Crippen molar-refractivity contribution < 1.29 is 37.0 Å². The van der Waals surface area contributed by atoms with Gasteiger partial charge in [0.2, 0.25) is 0 Å². The summed E-state index contributed by atoms with van der Waals surface area (Å²) in [5.74, 6) is 0. The third kappa shape index (κ3) is 6.55. The topological polar surface area (TPSA) is 25.8 Å². The number of rotatable bonds is 7. The highest BCUT2D eigenvalue weighted by Crippen LogP contribution is 2.56. The molecule has 0 saturated heterocycles. The Kier molecular flexibility index (Phi) is 4.91. The fourth-order valence-electron chi connectivity index (χ4n) is 8.66. The quantitative estimate of drug-likeness (QED) is 0.118. The summed E-state index contributed by atoms with van der Waals surface area (Å²) in [6.45, 7) is 0. The molecule has 0 atom stereocenters. The van der Waals surface area contributed by atoms with E-state index >= 15 is 0 Å². The fourth-order valence-corrected chi connectivity index (χ4v) is 9.99. The van der Waals surface area contributed by atoms with E-state index in [-0.39, 0.29) is 11.1 Å². The van der Waals surface area contributed by atoms with Crippen LogP contribution in [0, 0.1) is 0 Å². The van der Waals surface area contributed by atoms with Gasteiger partial charge >= 0.3 is 0 Å². The zero-order chi connectivity index (χ0) is 67.8. The monoisotopic (exact) mass is 895 g/mol. The van der Waals surface area contributed by atoms with E-state index in [1.54, 1.807) is 42.6 Å². The normalized spacial score (nSPS) is 17.2. The molecule has 0 spiro atoms. The molecule has 0 aliphatic rings. The van der Waals surface area contributed by atoms with Crippen LogP contribution in [-0.2, 0) is 0 Å². The zero-order valence-corrected chi connectivity index (χ0v) is 35.1. The highest BCUT2D eigenvalue weighted by molar-refractivity contribution is 7.20. The molecule has 10 aromatic carbocycles. The number of nitrogens with zero attached hydrogens (tertiary/aromatic N) is 2. The van der Waals surface area contributed by atoms with Crippen LogP contribution in [0.15, 0.2) is 242 Å². The van der Waals surface area contributed by atoms with E-state index in [0.29, 0.717) is 44.4 Å². The van der Waals surface area contributed by atoms with E-state index < -0.39 is 239 Å². The van der Waals surface area contributed by atoms with Crippen molar-refractivity contribution in [1.82, 2.24) is 9.97 Å². The minimum absolute atomic E-state index is 0.166. The van der Waals surface area contributed by atoms with Gasteiger partial charge in [-0.15, -0.1) is 11.3 Å². The summed E-state index contributed by atoms with van der Waals surface area (Å²) in [6, 6.07) is -4.58. The largest absolute Gasteiger partial charge is 0.254 e. The highest BCUT2D eigenvalue weighted by Gasteiger charge is 2.27. The van der Waals surface area contributed by atoms with Crippen LogP contribution >= 0.6 is 11.3 Å². The summed E-state index contributed by atoms with van der Waals surface area (Å²) in [5.41, 5.74) is -3.75. The van der Waals surface area contributed by atoms with Crippen molar-refractivity contribution in [3.8, 4) is 76.6 Å². The van der Waals surface area contributed by atoms with Gasteiger partial charge in [-0.3, -0.25) is 4.98 Å². The minimum atomic E-state index is -1.05. The molecule has 13 rings (SSSR count). The molecule has 3 heteroatoms. The van der Waals surface area contributed by atoms with E-state index in [1.807, 2.05) is 36.4 Å². The lowest BCUT2D eigenvalue weighted by molar-refractivity contribution is 1.37. The first-order chi connectivity index (χ1) is 44.5. The van der Waals surface area contributed by atoms with Gasteiger partial charge in [-0.25, -0.2) is 4.98 Å². The molecular formula is C64H40N2S. The summed E-state index contributed by atoms with van der Waals surface area (Å²) in [6.07, 6.45) is 1.66. The van der Waals surface area contributed by atoms with Crippen molar-refractivity contribution in [2.75, 3.05) is 0 Å². The predicted molar refractivity (Wildman–Crippen MR) is 285 cm³/mol. The first-order valence-electron chi connectivity index (χ1n) is 34.1. The van der Waals surface area contributed by atoms with E-state index in [4.69, 9.17) is 20.1 Å². The standard InChI is InChI=1S/C64H40N2S/c1-4-17-42(18-5-1)57-52-26-12-14-28-54(52)60(55-29-15-13-27-53(55)57)64-59(43-19-6-2-7-20-43)58(63(67-64)47-21-8-3-9-22-47)44-32-30-41(31-33-44)48-37-38-51(50-25-11-10-24-49(48)50)56-39-36-46-35-34-45-23-16-40-65-61(45)62(46)66-56/h1-40H/i1D,2D,3D,4D,5D,6D,7D,8D,9D,12D,13D,14D,15D,17D,18D,19D,20D,21D,22D,26D,27D,28D,29D,30D,31D,32D,33D. The Morgan fingerprint density at radius 1 is 0.328 bits per heavy atom. The summed E-state index contributed by atoms with van der Waals surface area (Å²) in [5, 5.41) is -0.318. The second kappa shape index (κ2) is 16.2. The second-order valence-corrected chi connectivity index (χ2v) is 16.1. The molecule has 0 bridgehead atoms. The SMILES string of the molecule is [2H]c1c([2H])c([2H])c(-c2sc(-c3c4c([2H])c([2H])c([2H])c([2H])c4c(-c4c([2H])c([2H])c([2H])c([2H])c4[2H])c4c([2H])c([2H])c([2H])c([2H])c34)c(-c3c([2H])c([2H])c([2H])c([2H])c3[2H])c2-c2c([2H])c([2H])c(-c3ccc(-c4ccc5ccc6cccnc6c5n4)c4ccccc34)c([2H])c2[2H])c([2H])c1[2H]. The molecule has 0 saturated carbocycles. The fraction of sp³-hybridized carbons (Fsp3) is 0. The highest BCUT2D eigenvalue weighted by atomic mass is 32.1. The van der Waals surface area contributed by atoms with Crippen LogP contribution in [0.5, 0.6) is 0 Å². The summed E-state index contributed by atoms with van der Waals surface area (Å²) < 4.78 is 252. The van der Waals surface area contributed by atoms with Crippen LogP contribution in [0.2, 0.25) is 0 Å². The van der Waals surface area contributed by atoms with Gasteiger partial charge in [0.1, 0.15) is 0 Å². The van der Waals surface area contributed by atoms with Crippen molar-refractivity contribution in [1.29, 1.82) is 0 Å². The van der Waals surface area contributed by atoms with Crippen LogP contribution in [-0.4, -0.2) is 9.97 Å². The van der Waals surface area contributed by atoms with Crippen molar-refractivity contribution in [2.45, 2.75) is 0 Å². The van der Waals surface area contributed by atoms with E-state index in [0.717, 1.165) is 10.8 Å². The third-order valence-corrected chi connectivity index (χ3v) is 12.7. The van der Waals surface area contributed by atoms with E-state index in [9.17, 15) is 21.9 Å². The van der Waals surface area contributed by atoms with Crippen LogP contribution in [0.25, 0.3) is 131 Å². The molecule has 0 fully saturated rings. The molecule has 0 aliphatic carbocycles. The minimum Gasteiger partial charge on any atom is -0.254 e. The Hall–Kier alpha value is -8.50. The molecule has 3 heterocycles. The van der Waals surface area contributed by atoms with Crippen LogP contribution in [0.1, 0.15) is 37.0 Å². The Bertz CT molecular complexity index is 5470. The van der Waals surface area contributed by atoms with Crippen LogP contribution in [0.4, 0.5) is 0 Å². The van der Waals surface area contributed by atoms with Gasteiger partial charge < -0.3 is 0 Å². The lowest BCUT2D eigenvalue weighted by Gasteiger charge is -2.18. The maximum atomic E-state index is 10.2. The van der Waals surface area contributed by atoms with Crippen molar-refractivity contribution in [2.24, 2.45) is 0 Å². The Morgan fingerprint density at radius 3 is 1.45 bits per heavy atom. The summed E-state index contributed by atoms with van der Waals surface area (Å²) in [4.78, 5) is 8.43. The molecule has 3 aromatic heterocycles. The van der Waals surface area contributed by atoms with Gasteiger partial charge in [-0.2, -0.15) is 0 Å². The third-order valence-electron chi connectivity index (χ3n) is 11.5. The molecule has 13 aromatic rings. The predicted octanol–water partition coefficient (Wildman–Crippen LogP) is 18.0. The van der Waals surface area contributed by atoms with Gasteiger partial charge in [0.25, 0.3) is 0 Å². The lowest BCUT2D eigenvalue weighted by Crippen LogP contribution is -1.92. The first-order valence-corrected chi connectivity index (χ1v) is 21.4. The number of thiophene rings is 1. The summed E-state index contributed by atoms with van der Waals surface area (Å²) in [7, 11) is 0. The number of aromatic nitrogens is 2. The van der Waals surface area contributed by atoms with Crippen molar-refractivity contribution in [3.63, 3.8) is 0 Å². The Morgan fingerprint density at radius 2 is 0.806 bits per heavy atom.